The number of sulfonamides is 1. The van der Waals surface area contributed by atoms with Gasteiger partial charge in [-0.3, -0.25) is 9.69 Å². The van der Waals surface area contributed by atoms with E-state index in [2.05, 4.69) is 0 Å². The third-order valence-corrected chi connectivity index (χ3v) is 7.19. The molecule has 8 heteroatoms. The van der Waals surface area contributed by atoms with Crippen LogP contribution in [0, 0.1) is 6.92 Å². The molecule has 2 atom stereocenters. The van der Waals surface area contributed by atoms with Crippen LogP contribution in [0.3, 0.4) is 0 Å². The predicted molar refractivity (Wildman–Crippen MR) is 103 cm³/mol. The van der Waals surface area contributed by atoms with Crippen molar-refractivity contribution < 1.29 is 17.9 Å². The summed E-state index contributed by atoms with van der Waals surface area (Å²) in [5.41, 5.74) is 1.03. The van der Waals surface area contributed by atoms with Gasteiger partial charge in [0.1, 0.15) is 0 Å². The van der Waals surface area contributed by atoms with E-state index in [4.69, 9.17) is 4.74 Å². The highest BCUT2D eigenvalue weighted by molar-refractivity contribution is 7.89. The molecule has 2 aliphatic rings. The number of piperazine rings is 1. The summed E-state index contributed by atoms with van der Waals surface area (Å²) in [6.45, 7) is 9.33. The monoisotopic (exact) mass is 395 g/mol. The van der Waals surface area contributed by atoms with E-state index in [0.29, 0.717) is 50.8 Å². The Morgan fingerprint density at radius 1 is 1.11 bits per heavy atom. The van der Waals surface area contributed by atoms with Gasteiger partial charge < -0.3 is 9.64 Å². The zero-order chi connectivity index (χ0) is 19.6. The van der Waals surface area contributed by atoms with Gasteiger partial charge in [-0.1, -0.05) is 17.7 Å². The standard InChI is InChI=1S/C19H29N3O4S/c1-15-4-6-18(7-5-15)27(24,25)21-10-8-20(9-11-21)13-19(23)22-12-17(3)26-14-16(22)2/h4-7,16-17H,8-14H2,1-3H3. The lowest BCUT2D eigenvalue weighted by atomic mass is 10.2. The highest BCUT2D eigenvalue weighted by Gasteiger charge is 2.32. The zero-order valence-corrected chi connectivity index (χ0v) is 17.1. The van der Waals surface area contributed by atoms with Crippen molar-refractivity contribution in [3.63, 3.8) is 0 Å². The van der Waals surface area contributed by atoms with Crippen molar-refractivity contribution >= 4 is 15.9 Å². The number of hydrogen-bond donors (Lipinski definition) is 0. The molecule has 0 aromatic heterocycles. The second kappa shape index (κ2) is 8.26. The fraction of sp³-hybridized carbons (Fsp3) is 0.632. The van der Waals surface area contributed by atoms with E-state index in [0.717, 1.165) is 5.56 Å². The average Bonchev–Trinajstić information content (AvgIpc) is 2.64. The van der Waals surface area contributed by atoms with Crippen molar-refractivity contribution in [1.82, 2.24) is 14.1 Å². The summed E-state index contributed by atoms with van der Waals surface area (Å²) in [4.78, 5) is 16.9. The van der Waals surface area contributed by atoms with Gasteiger partial charge in [-0.15, -0.1) is 0 Å². The Morgan fingerprint density at radius 3 is 2.37 bits per heavy atom. The van der Waals surface area contributed by atoms with Crippen LogP contribution in [0.2, 0.25) is 0 Å². The molecular formula is C19H29N3O4S. The topological polar surface area (TPSA) is 70.2 Å². The average molecular weight is 396 g/mol. The second-order valence-corrected chi connectivity index (χ2v) is 9.47. The number of aryl methyl sites for hydroxylation is 1. The van der Waals surface area contributed by atoms with Crippen LogP contribution in [0.5, 0.6) is 0 Å². The highest BCUT2D eigenvalue weighted by Crippen LogP contribution is 2.19. The minimum atomic E-state index is -3.47. The van der Waals surface area contributed by atoms with Crippen LogP contribution in [-0.2, 0) is 19.6 Å². The van der Waals surface area contributed by atoms with Gasteiger partial charge >= 0.3 is 0 Å². The van der Waals surface area contributed by atoms with Crippen LogP contribution < -0.4 is 0 Å². The molecule has 2 aliphatic heterocycles. The molecule has 2 fully saturated rings. The first-order chi connectivity index (χ1) is 12.8. The first-order valence-corrected chi connectivity index (χ1v) is 10.9. The van der Waals surface area contributed by atoms with Crippen molar-refractivity contribution in [3.8, 4) is 0 Å². The molecule has 0 radical (unpaired) electrons. The first-order valence-electron chi connectivity index (χ1n) is 9.47. The summed E-state index contributed by atoms with van der Waals surface area (Å²) in [6.07, 6.45) is 0.0571. The van der Waals surface area contributed by atoms with E-state index < -0.39 is 10.0 Å². The molecule has 1 aromatic rings. The lowest BCUT2D eigenvalue weighted by Crippen LogP contribution is -2.55. The van der Waals surface area contributed by atoms with Crippen LogP contribution in [0.15, 0.2) is 29.2 Å². The zero-order valence-electron chi connectivity index (χ0n) is 16.3. The lowest BCUT2D eigenvalue weighted by molar-refractivity contribution is -0.144. The van der Waals surface area contributed by atoms with E-state index in [1.165, 1.54) is 4.31 Å². The molecule has 0 bridgehead atoms. The van der Waals surface area contributed by atoms with Gasteiger partial charge in [-0.25, -0.2) is 8.42 Å². The van der Waals surface area contributed by atoms with Gasteiger partial charge in [0.25, 0.3) is 0 Å². The maximum Gasteiger partial charge on any atom is 0.243 e. The number of rotatable bonds is 4. The number of morpholine rings is 1. The fourth-order valence-corrected chi connectivity index (χ4v) is 4.94. The van der Waals surface area contributed by atoms with Gasteiger partial charge in [-0.2, -0.15) is 4.31 Å². The molecule has 2 unspecified atom stereocenters. The Labute approximate surface area is 161 Å². The van der Waals surface area contributed by atoms with Crippen LogP contribution in [0.1, 0.15) is 19.4 Å². The summed E-state index contributed by atoms with van der Waals surface area (Å²) in [7, 11) is -3.47. The minimum Gasteiger partial charge on any atom is -0.375 e. The van der Waals surface area contributed by atoms with Crippen molar-refractivity contribution in [3.05, 3.63) is 29.8 Å². The highest BCUT2D eigenvalue weighted by atomic mass is 32.2. The molecule has 0 aliphatic carbocycles. The SMILES string of the molecule is Cc1ccc(S(=O)(=O)N2CCN(CC(=O)N3CC(C)OCC3C)CC2)cc1. The second-order valence-electron chi connectivity index (χ2n) is 7.53. The molecule has 7 nitrogen and oxygen atoms in total. The number of carbonyl (C=O) groups excluding carboxylic acids is 1. The number of carbonyl (C=O) groups is 1. The molecule has 2 saturated heterocycles. The summed E-state index contributed by atoms with van der Waals surface area (Å²) < 4.78 is 32.6. The van der Waals surface area contributed by atoms with Gasteiger partial charge in [0.2, 0.25) is 15.9 Å². The maximum atomic E-state index is 12.8. The molecule has 27 heavy (non-hydrogen) atoms. The van der Waals surface area contributed by atoms with Crippen molar-refractivity contribution in [2.45, 2.75) is 37.8 Å². The van der Waals surface area contributed by atoms with E-state index in [-0.39, 0.29) is 18.1 Å². The molecular weight excluding hydrogens is 366 g/mol. The van der Waals surface area contributed by atoms with Crippen molar-refractivity contribution in [2.75, 3.05) is 45.9 Å². The summed E-state index contributed by atoms with van der Waals surface area (Å²) in [6, 6.07) is 7.01. The maximum absolute atomic E-state index is 12.8. The Bertz CT molecular complexity index is 758. The van der Waals surface area contributed by atoms with Gasteiger partial charge in [0, 0.05) is 32.7 Å². The summed E-state index contributed by atoms with van der Waals surface area (Å²) in [5.74, 6) is 0.0903. The van der Waals surface area contributed by atoms with E-state index in [9.17, 15) is 13.2 Å². The van der Waals surface area contributed by atoms with E-state index in [1.54, 1.807) is 12.1 Å². The molecule has 2 heterocycles. The predicted octanol–water partition coefficient (Wildman–Crippen LogP) is 0.937. The largest absolute Gasteiger partial charge is 0.375 e. The van der Waals surface area contributed by atoms with Crippen LogP contribution in [-0.4, -0.2) is 86.5 Å². The summed E-state index contributed by atoms with van der Waals surface area (Å²) >= 11 is 0. The van der Waals surface area contributed by atoms with E-state index >= 15 is 0 Å². The Hall–Kier alpha value is -1.48. The van der Waals surface area contributed by atoms with Gasteiger partial charge in [0.05, 0.1) is 30.2 Å². The fourth-order valence-electron chi connectivity index (χ4n) is 3.52. The molecule has 0 saturated carbocycles. The number of hydrogen-bond acceptors (Lipinski definition) is 5. The number of amides is 1. The number of benzene rings is 1. The van der Waals surface area contributed by atoms with E-state index in [1.807, 2.05) is 42.7 Å². The molecule has 1 aromatic carbocycles. The molecule has 150 valence electrons. The van der Waals surface area contributed by atoms with Gasteiger partial charge in [0.15, 0.2) is 0 Å². The van der Waals surface area contributed by atoms with Crippen LogP contribution in [0.4, 0.5) is 0 Å². The summed E-state index contributed by atoms with van der Waals surface area (Å²) in [5, 5.41) is 0. The number of ether oxygens (including phenoxy) is 1. The third kappa shape index (κ3) is 4.68. The smallest absolute Gasteiger partial charge is 0.243 e. The molecule has 0 spiro atoms. The molecule has 0 N–H and O–H groups in total. The number of nitrogens with zero attached hydrogens (tertiary/aromatic N) is 3. The Kier molecular flexibility index (Phi) is 6.20. The third-order valence-electron chi connectivity index (χ3n) is 5.28. The normalized spacial score (nSPS) is 25.5. The van der Waals surface area contributed by atoms with Crippen LogP contribution in [0.25, 0.3) is 0 Å². The molecule has 1 amide bonds. The van der Waals surface area contributed by atoms with Crippen molar-refractivity contribution in [1.29, 1.82) is 0 Å². The Balaban J connectivity index is 1.55. The Morgan fingerprint density at radius 2 is 1.74 bits per heavy atom. The van der Waals surface area contributed by atoms with Crippen LogP contribution >= 0.6 is 0 Å². The lowest BCUT2D eigenvalue weighted by Gasteiger charge is -2.39. The first kappa shape index (κ1) is 20.3. The van der Waals surface area contributed by atoms with Crippen molar-refractivity contribution in [2.24, 2.45) is 0 Å². The minimum absolute atomic E-state index is 0.0571. The molecule has 3 rings (SSSR count). The quantitative estimate of drug-likeness (QED) is 0.759. The van der Waals surface area contributed by atoms with Gasteiger partial charge in [-0.05, 0) is 32.9 Å².